The van der Waals surface area contributed by atoms with Gasteiger partial charge in [0, 0.05) is 29.6 Å². The van der Waals surface area contributed by atoms with Gasteiger partial charge in [-0.05, 0) is 44.9 Å². The lowest BCUT2D eigenvalue weighted by Gasteiger charge is -2.35. The Morgan fingerprint density at radius 2 is 2.42 bits per heavy atom. The first-order valence-electron chi connectivity index (χ1n) is 6.75. The Labute approximate surface area is 119 Å². The third-order valence-electron chi connectivity index (χ3n) is 3.66. The van der Waals surface area contributed by atoms with E-state index in [2.05, 4.69) is 41.1 Å². The molecule has 0 aromatic carbocycles. The lowest BCUT2D eigenvalue weighted by Crippen LogP contribution is -2.44. The fraction of sp³-hybridized carbons (Fsp3) is 0.600. The van der Waals surface area contributed by atoms with Crippen molar-refractivity contribution in [3.8, 4) is 11.8 Å². The Bertz CT molecular complexity index is 460. The number of aliphatic hydroxyl groups excluding tert-OH is 1. The van der Waals surface area contributed by atoms with Crippen molar-refractivity contribution in [3.05, 3.63) is 21.9 Å². The first-order valence-corrected chi connectivity index (χ1v) is 7.63. The molecule has 1 fully saturated rings. The van der Waals surface area contributed by atoms with E-state index >= 15 is 0 Å². The molecule has 0 radical (unpaired) electrons. The van der Waals surface area contributed by atoms with Gasteiger partial charge in [-0.25, -0.2) is 0 Å². The first kappa shape index (κ1) is 14.5. The van der Waals surface area contributed by atoms with Gasteiger partial charge in [-0.1, -0.05) is 11.8 Å². The van der Waals surface area contributed by atoms with E-state index in [1.165, 1.54) is 24.3 Å². The minimum atomic E-state index is -0.0709. The summed E-state index contributed by atoms with van der Waals surface area (Å²) < 4.78 is 0. The van der Waals surface area contributed by atoms with E-state index in [9.17, 15) is 0 Å². The summed E-state index contributed by atoms with van der Waals surface area (Å²) >= 11 is 1.75. The third-order valence-corrected chi connectivity index (χ3v) is 4.57. The number of piperidine rings is 1. The number of likely N-dealkylation sites (tertiary alicyclic amines) is 1. The lowest BCUT2D eigenvalue weighted by atomic mass is 10.0. The van der Waals surface area contributed by atoms with Crippen LogP contribution in [0.15, 0.2) is 11.4 Å². The molecule has 4 heteroatoms. The topological polar surface area (TPSA) is 26.7 Å². The molecule has 1 aliphatic rings. The number of hydrogen-bond donors (Lipinski definition) is 1. The van der Waals surface area contributed by atoms with Crippen LogP contribution in [0.1, 0.15) is 23.3 Å². The van der Waals surface area contributed by atoms with E-state index in [-0.39, 0.29) is 6.61 Å². The van der Waals surface area contributed by atoms with E-state index in [1.807, 2.05) is 6.07 Å². The van der Waals surface area contributed by atoms with Gasteiger partial charge in [-0.3, -0.25) is 4.90 Å². The summed E-state index contributed by atoms with van der Waals surface area (Å²) in [5.41, 5.74) is 1.06. The number of thiophene rings is 1. The Morgan fingerprint density at radius 1 is 1.58 bits per heavy atom. The largest absolute Gasteiger partial charge is 0.384 e. The SMILES string of the molecule is CN1CCCC(N(C)Cc2sccc2C#CCO)C1. The van der Waals surface area contributed by atoms with Gasteiger partial charge in [0.1, 0.15) is 6.61 Å². The number of nitrogens with zero attached hydrogens (tertiary/aromatic N) is 2. The van der Waals surface area contributed by atoms with Gasteiger partial charge in [0.2, 0.25) is 0 Å². The molecule has 104 valence electrons. The van der Waals surface area contributed by atoms with E-state index in [0.29, 0.717) is 6.04 Å². The monoisotopic (exact) mass is 278 g/mol. The molecule has 0 spiro atoms. The summed E-state index contributed by atoms with van der Waals surface area (Å²) in [5.74, 6) is 5.77. The van der Waals surface area contributed by atoms with E-state index < -0.39 is 0 Å². The molecule has 0 aliphatic carbocycles. The van der Waals surface area contributed by atoms with Crippen molar-refractivity contribution in [2.45, 2.75) is 25.4 Å². The zero-order chi connectivity index (χ0) is 13.7. The molecule has 1 N–H and O–H groups in total. The molecule has 1 unspecified atom stereocenters. The van der Waals surface area contributed by atoms with Crippen LogP contribution in [-0.4, -0.2) is 54.7 Å². The van der Waals surface area contributed by atoms with Crippen LogP contribution in [0.2, 0.25) is 0 Å². The molecular weight excluding hydrogens is 256 g/mol. The van der Waals surface area contributed by atoms with Crippen molar-refractivity contribution >= 4 is 11.3 Å². The van der Waals surface area contributed by atoms with Crippen molar-refractivity contribution in [2.75, 3.05) is 33.8 Å². The Balaban J connectivity index is 1.98. The highest BCUT2D eigenvalue weighted by Gasteiger charge is 2.21. The Morgan fingerprint density at radius 3 is 3.16 bits per heavy atom. The maximum absolute atomic E-state index is 8.78. The van der Waals surface area contributed by atoms with Gasteiger partial charge >= 0.3 is 0 Å². The molecule has 2 rings (SSSR count). The van der Waals surface area contributed by atoms with Crippen LogP contribution < -0.4 is 0 Å². The van der Waals surface area contributed by atoms with E-state index in [0.717, 1.165) is 18.7 Å². The molecule has 0 amide bonds. The summed E-state index contributed by atoms with van der Waals surface area (Å²) in [7, 11) is 4.40. The molecule has 19 heavy (non-hydrogen) atoms. The van der Waals surface area contributed by atoms with Gasteiger partial charge in [-0.15, -0.1) is 11.3 Å². The first-order chi connectivity index (χ1) is 9.20. The van der Waals surface area contributed by atoms with Crippen molar-refractivity contribution in [2.24, 2.45) is 0 Å². The number of hydrogen-bond acceptors (Lipinski definition) is 4. The number of aliphatic hydroxyl groups is 1. The molecule has 2 heterocycles. The number of likely N-dealkylation sites (N-methyl/N-ethyl adjacent to an activating group) is 2. The van der Waals surface area contributed by atoms with Crippen LogP contribution in [0.4, 0.5) is 0 Å². The highest BCUT2D eigenvalue weighted by molar-refractivity contribution is 7.10. The maximum atomic E-state index is 8.78. The predicted octanol–water partition coefficient (Wildman–Crippen LogP) is 1.62. The smallest absolute Gasteiger partial charge is 0.104 e. The molecule has 1 aliphatic heterocycles. The molecule has 0 bridgehead atoms. The van der Waals surface area contributed by atoms with Crippen LogP contribution in [0.3, 0.4) is 0 Å². The molecule has 1 saturated heterocycles. The van der Waals surface area contributed by atoms with Gasteiger partial charge in [0.25, 0.3) is 0 Å². The zero-order valence-electron chi connectivity index (χ0n) is 11.7. The van der Waals surface area contributed by atoms with E-state index in [1.54, 1.807) is 11.3 Å². The second kappa shape index (κ2) is 7.06. The van der Waals surface area contributed by atoms with Crippen LogP contribution in [0.5, 0.6) is 0 Å². The molecular formula is C15H22N2OS. The van der Waals surface area contributed by atoms with Crippen molar-refractivity contribution in [1.29, 1.82) is 0 Å². The molecule has 0 saturated carbocycles. The predicted molar refractivity (Wildman–Crippen MR) is 80.3 cm³/mol. The normalized spacial score (nSPS) is 20.3. The van der Waals surface area contributed by atoms with Gasteiger partial charge < -0.3 is 10.0 Å². The van der Waals surface area contributed by atoms with Crippen LogP contribution in [-0.2, 0) is 6.54 Å². The fourth-order valence-electron chi connectivity index (χ4n) is 2.56. The summed E-state index contributed by atoms with van der Waals surface area (Å²) in [6, 6.07) is 2.68. The summed E-state index contributed by atoms with van der Waals surface area (Å²) in [5, 5.41) is 10.9. The Hall–Kier alpha value is -0.860. The summed E-state index contributed by atoms with van der Waals surface area (Å²) in [6.45, 7) is 3.25. The highest BCUT2D eigenvalue weighted by atomic mass is 32.1. The van der Waals surface area contributed by atoms with Crippen molar-refractivity contribution < 1.29 is 5.11 Å². The van der Waals surface area contributed by atoms with Crippen molar-refractivity contribution in [3.63, 3.8) is 0 Å². The maximum Gasteiger partial charge on any atom is 0.104 e. The van der Waals surface area contributed by atoms with Crippen LogP contribution >= 0.6 is 11.3 Å². The Kier molecular flexibility index (Phi) is 5.41. The van der Waals surface area contributed by atoms with Gasteiger partial charge in [0.05, 0.1) is 0 Å². The summed E-state index contributed by atoms with van der Waals surface area (Å²) in [6.07, 6.45) is 2.57. The minimum Gasteiger partial charge on any atom is -0.384 e. The number of rotatable bonds is 3. The average Bonchev–Trinajstić information content (AvgIpc) is 2.83. The van der Waals surface area contributed by atoms with Gasteiger partial charge in [-0.2, -0.15) is 0 Å². The summed E-state index contributed by atoms with van der Waals surface area (Å²) in [4.78, 5) is 6.15. The standard InChI is InChI=1S/C15H22N2OS/c1-16-8-3-6-14(11-16)17(2)12-15-13(5-4-9-18)7-10-19-15/h7,10,14,18H,3,6,8-9,11-12H2,1-2H3. The van der Waals surface area contributed by atoms with Crippen LogP contribution in [0, 0.1) is 11.8 Å². The third kappa shape index (κ3) is 4.05. The zero-order valence-corrected chi connectivity index (χ0v) is 12.5. The van der Waals surface area contributed by atoms with E-state index in [4.69, 9.17) is 5.11 Å². The molecule has 1 aromatic heterocycles. The van der Waals surface area contributed by atoms with Crippen molar-refractivity contribution in [1.82, 2.24) is 9.80 Å². The van der Waals surface area contributed by atoms with Gasteiger partial charge in [0.15, 0.2) is 0 Å². The second-order valence-corrected chi connectivity index (χ2v) is 6.19. The fourth-order valence-corrected chi connectivity index (χ4v) is 3.46. The molecule has 1 atom stereocenters. The minimum absolute atomic E-state index is 0.0709. The molecule has 1 aromatic rings. The highest BCUT2D eigenvalue weighted by Crippen LogP contribution is 2.21. The second-order valence-electron chi connectivity index (χ2n) is 5.19. The lowest BCUT2D eigenvalue weighted by molar-refractivity contribution is 0.130. The quantitative estimate of drug-likeness (QED) is 0.851. The average molecular weight is 278 g/mol. The molecule has 3 nitrogen and oxygen atoms in total. The van der Waals surface area contributed by atoms with Crippen LogP contribution in [0.25, 0.3) is 0 Å².